The molecule has 0 aromatic carbocycles. The Labute approximate surface area is 159 Å². The fourth-order valence-electron chi connectivity index (χ4n) is 8.16. The summed E-state index contributed by atoms with van der Waals surface area (Å²) in [4.78, 5) is 12.0. The van der Waals surface area contributed by atoms with Gasteiger partial charge in [0.05, 0.1) is 6.10 Å². The van der Waals surface area contributed by atoms with E-state index in [1.807, 2.05) is 6.08 Å². The summed E-state index contributed by atoms with van der Waals surface area (Å²) in [5, 5.41) is 11.2. The fourth-order valence-corrected chi connectivity index (χ4v) is 8.16. The van der Waals surface area contributed by atoms with Crippen molar-refractivity contribution in [3.05, 3.63) is 11.6 Å². The molecule has 0 spiro atoms. The van der Waals surface area contributed by atoms with E-state index in [4.69, 9.17) is 0 Å². The maximum absolute atomic E-state index is 12.0. The maximum atomic E-state index is 12.0. The van der Waals surface area contributed by atoms with Crippen LogP contribution in [0.15, 0.2) is 11.6 Å². The van der Waals surface area contributed by atoms with Gasteiger partial charge in [-0.3, -0.25) is 4.79 Å². The number of carbonyl (C=O) groups excluding carboxylic acids is 1. The summed E-state index contributed by atoms with van der Waals surface area (Å²) >= 11 is 0. The first kappa shape index (κ1) is 18.7. The van der Waals surface area contributed by atoms with Crippen molar-refractivity contribution in [3.8, 4) is 0 Å². The number of carbonyl (C=O) groups is 1. The van der Waals surface area contributed by atoms with Crippen LogP contribution >= 0.6 is 0 Å². The van der Waals surface area contributed by atoms with Crippen LogP contribution in [0.5, 0.6) is 0 Å². The first-order valence-corrected chi connectivity index (χ1v) is 11.2. The van der Waals surface area contributed by atoms with Crippen LogP contribution in [0, 0.1) is 40.4 Å². The second kappa shape index (κ2) is 6.47. The summed E-state index contributed by atoms with van der Waals surface area (Å²) in [6, 6.07) is 0. The lowest BCUT2D eigenvalue weighted by Crippen LogP contribution is -2.55. The number of ketones is 1. The number of rotatable bonds is 3. The molecular weight excluding hydrogens is 320 g/mol. The smallest absolute Gasteiger partial charge is 0.155 e. The van der Waals surface area contributed by atoms with E-state index in [0.29, 0.717) is 29.6 Å². The molecular formula is C24H38O2. The van der Waals surface area contributed by atoms with Crippen LogP contribution in [0.4, 0.5) is 0 Å². The number of aliphatic hydroxyl groups excluding tert-OH is 1. The topological polar surface area (TPSA) is 37.3 Å². The number of hydrogen-bond acceptors (Lipinski definition) is 2. The monoisotopic (exact) mass is 358 g/mol. The first-order chi connectivity index (χ1) is 12.3. The Morgan fingerprint density at radius 3 is 2.69 bits per heavy atom. The van der Waals surface area contributed by atoms with Crippen LogP contribution < -0.4 is 0 Å². The van der Waals surface area contributed by atoms with Crippen LogP contribution in [0.3, 0.4) is 0 Å². The molecule has 8 atom stereocenters. The van der Waals surface area contributed by atoms with Gasteiger partial charge >= 0.3 is 0 Å². The molecule has 0 heterocycles. The Morgan fingerprint density at radius 1 is 1.19 bits per heavy atom. The lowest BCUT2D eigenvalue weighted by molar-refractivity contribution is -0.124. The molecule has 0 saturated heterocycles. The van der Waals surface area contributed by atoms with Crippen molar-refractivity contribution >= 4 is 5.78 Å². The van der Waals surface area contributed by atoms with E-state index in [9.17, 15) is 9.90 Å². The second-order valence-corrected chi connectivity index (χ2v) is 10.6. The molecule has 4 aliphatic rings. The van der Waals surface area contributed by atoms with Gasteiger partial charge in [0.1, 0.15) is 0 Å². The van der Waals surface area contributed by atoms with Gasteiger partial charge in [-0.2, -0.15) is 0 Å². The molecule has 0 bridgehead atoms. The van der Waals surface area contributed by atoms with E-state index in [1.54, 1.807) is 0 Å². The summed E-state index contributed by atoms with van der Waals surface area (Å²) in [6.45, 7) is 9.75. The lowest BCUT2D eigenvalue weighted by Gasteiger charge is -2.59. The van der Waals surface area contributed by atoms with Gasteiger partial charge < -0.3 is 5.11 Å². The molecule has 4 rings (SSSR count). The minimum atomic E-state index is -0.241. The second-order valence-electron chi connectivity index (χ2n) is 10.6. The molecule has 1 N–H and O–H groups in total. The van der Waals surface area contributed by atoms with E-state index < -0.39 is 0 Å². The highest BCUT2D eigenvalue weighted by Gasteiger charge is 2.61. The van der Waals surface area contributed by atoms with Crippen molar-refractivity contribution in [1.82, 2.24) is 0 Å². The molecule has 0 aromatic rings. The van der Waals surface area contributed by atoms with Crippen LogP contribution in [0.2, 0.25) is 0 Å². The summed E-state index contributed by atoms with van der Waals surface area (Å²) in [7, 11) is 0. The Kier molecular flexibility index (Phi) is 4.66. The van der Waals surface area contributed by atoms with Gasteiger partial charge in [-0.15, -0.1) is 0 Å². The average molecular weight is 359 g/mol. The quantitative estimate of drug-likeness (QED) is 0.719. The van der Waals surface area contributed by atoms with E-state index in [0.717, 1.165) is 24.7 Å². The SMILES string of the molecule is CCC[C@@H](C)[C@H]1CC[C@H]2[C@@H]3[C@H](O)CC4=CC(=O)CC[C@]4(C)[C@H]3CC[C@]12C. The van der Waals surface area contributed by atoms with Crippen molar-refractivity contribution < 1.29 is 9.90 Å². The van der Waals surface area contributed by atoms with Gasteiger partial charge in [-0.1, -0.05) is 46.1 Å². The van der Waals surface area contributed by atoms with Crippen LogP contribution in [-0.4, -0.2) is 17.0 Å². The average Bonchev–Trinajstić information content (AvgIpc) is 2.94. The molecule has 0 aromatic heterocycles. The Morgan fingerprint density at radius 2 is 1.96 bits per heavy atom. The lowest BCUT2D eigenvalue weighted by atomic mass is 9.45. The number of hydrogen-bond donors (Lipinski definition) is 1. The highest BCUT2D eigenvalue weighted by Crippen LogP contribution is 2.67. The number of fused-ring (bicyclic) bond motifs is 5. The van der Waals surface area contributed by atoms with E-state index in [1.165, 1.54) is 44.1 Å². The molecule has 4 aliphatic carbocycles. The van der Waals surface area contributed by atoms with Crippen LogP contribution in [0.25, 0.3) is 0 Å². The predicted molar refractivity (Wildman–Crippen MR) is 106 cm³/mol. The minimum absolute atomic E-state index is 0.159. The molecule has 0 aliphatic heterocycles. The van der Waals surface area contributed by atoms with Gasteiger partial charge in [0.2, 0.25) is 0 Å². The molecule has 0 unspecified atom stereocenters. The third-order valence-corrected chi connectivity index (χ3v) is 9.49. The molecule has 3 fully saturated rings. The van der Waals surface area contributed by atoms with Gasteiger partial charge in [0.25, 0.3) is 0 Å². The Bertz CT molecular complexity index is 607. The predicted octanol–water partition coefficient (Wildman–Crippen LogP) is 5.54. The summed E-state index contributed by atoms with van der Waals surface area (Å²) < 4.78 is 0. The standard InChI is InChI=1S/C24H38O2/c1-5-6-15(2)18-7-8-19-22-20(10-12-24(18,19)4)23(3)11-9-17(25)13-16(23)14-21(22)26/h13,15,18-22,26H,5-12,14H2,1-4H3/t15-,18-,19+,20+,21-,22+,23+,24-/m1/s1. The summed E-state index contributed by atoms with van der Waals surface area (Å²) in [6.07, 6.45) is 12.0. The highest BCUT2D eigenvalue weighted by atomic mass is 16.3. The molecule has 3 saturated carbocycles. The maximum Gasteiger partial charge on any atom is 0.155 e. The molecule has 26 heavy (non-hydrogen) atoms. The highest BCUT2D eigenvalue weighted by molar-refractivity contribution is 5.91. The molecule has 0 amide bonds. The summed E-state index contributed by atoms with van der Waals surface area (Å²) in [5.41, 5.74) is 1.84. The minimum Gasteiger partial charge on any atom is -0.392 e. The largest absolute Gasteiger partial charge is 0.392 e. The van der Waals surface area contributed by atoms with Crippen molar-refractivity contribution in [1.29, 1.82) is 0 Å². The van der Waals surface area contributed by atoms with Crippen LogP contribution in [-0.2, 0) is 4.79 Å². The third kappa shape index (κ3) is 2.58. The van der Waals surface area contributed by atoms with E-state index in [2.05, 4.69) is 27.7 Å². The van der Waals surface area contributed by atoms with Crippen LogP contribution in [0.1, 0.15) is 85.5 Å². The van der Waals surface area contributed by atoms with Gasteiger partial charge in [0.15, 0.2) is 5.78 Å². The summed E-state index contributed by atoms with van der Waals surface area (Å²) in [5.74, 6) is 3.62. The Hall–Kier alpha value is -0.630. The van der Waals surface area contributed by atoms with Gasteiger partial charge in [-0.25, -0.2) is 0 Å². The van der Waals surface area contributed by atoms with Crippen molar-refractivity contribution in [3.63, 3.8) is 0 Å². The van der Waals surface area contributed by atoms with Gasteiger partial charge in [0, 0.05) is 6.42 Å². The Balaban J connectivity index is 1.65. The first-order valence-electron chi connectivity index (χ1n) is 11.2. The fraction of sp³-hybridized carbons (Fsp3) is 0.875. The van der Waals surface area contributed by atoms with Crippen molar-refractivity contribution in [2.75, 3.05) is 0 Å². The zero-order chi connectivity index (χ0) is 18.7. The molecule has 0 radical (unpaired) electrons. The molecule has 146 valence electrons. The van der Waals surface area contributed by atoms with E-state index >= 15 is 0 Å². The normalized spacial score (nSPS) is 49.0. The third-order valence-electron chi connectivity index (χ3n) is 9.49. The van der Waals surface area contributed by atoms with E-state index in [-0.39, 0.29) is 17.3 Å². The number of aliphatic hydroxyl groups is 1. The molecule has 2 heteroatoms. The zero-order valence-corrected chi connectivity index (χ0v) is 17.3. The zero-order valence-electron chi connectivity index (χ0n) is 17.3. The molecule has 2 nitrogen and oxygen atoms in total. The van der Waals surface area contributed by atoms with Crippen molar-refractivity contribution in [2.24, 2.45) is 40.4 Å². The van der Waals surface area contributed by atoms with Crippen molar-refractivity contribution in [2.45, 2.75) is 91.6 Å². The van der Waals surface area contributed by atoms with Gasteiger partial charge in [-0.05, 0) is 85.0 Å².